The Labute approximate surface area is 303 Å². The lowest BCUT2D eigenvalue weighted by Gasteiger charge is -2.43. The molecular weight excluding hydrogens is 591 g/mol. The van der Waals surface area contributed by atoms with Gasteiger partial charge in [-0.1, -0.05) is 35.1 Å². The summed E-state index contributed by atoms with van der Waals surface area (Å²) in [7, 11) is 0. The average Bonchev–Trinajstić information content (AvgIpc) is 3.45. The van der Waals surface area contributed by atoms with Crippen LogP contribution in [-0.4, -0.2) is 113 Å². The minimum absolute atomic E-state index is 0. The van der Waals surface area contributed by atoms with Crippen LogP contribution in [0.5, 0.6) is 0 Å². The maximum absolute atomic E-state index is 6.02. The van der Waals surface area contributed by atoms with Crippen LogP contribution in [0.2, 0.25) is 0 Å². The van der Waals surface area contributed by atoms with Crippen LogP contribution < -0.4 is 17.2 Å². The fourth-order valence-corrected chi connectivity index (χ4v) is 6.97. The molecule has 6 N–H and O–H groups in total. The van der Waals surface area contributed by atoms with Crippen molar-refractivity contribution < 1.29 is 0 Å². The first-order chi connectivity index (χ1) is 21.0. The van der Waals surface area contributed by atoms with Crippen molar-refractivity contribution in [3.05, 3.63) is 0 Å². The van der Waals surface area contributed by atoms with E-state index in [-0.39, 0.29) is 20.4 Å². The topological polar surface area (TPSA) is 91.0 Å². The fraction of sp³-hybridized carbons (Fsp3) is 1.00. The van der Waals surface area contributed by atoms with Crippen molar-refractivity contribution in [1.29, 1.82) is 0 Å². The lowest BCUT2D eigenvalue weighted by Crippen LogP contribution is -2.54. The Bertz CT molecular complexity index is 788. The molecule has 4 heterocycles. The first kappa shape index (κ1) is 49.8. The van der Waals surface area contributed by atoms with E-state index in [9.17, 15) is 0 Å². The predicted molar refractivity (Wildman–Crippen MR) is 218 cm³/mol. The molecule has 0 aromatic carbocycles. The van der Waals surface area contributed by atoms with Crippen molar-refractivity contribution >= 4 is 0 Å². The van der Waals surface area contributed by atoms with E-state index in [1.807, 2.05) is 0 Å². The normalized spacial score (nSPS) is 28.3. The van der Waals surface area contributed by atoms with Crippen LogP contribution >= 0.6 is 0 Å². The van der Waals surface area contributed by atoms with Gasteiger partial charge in [-0.3, -0.25) is 19.6 Å². The number of nitrogens with two attached hydrogens (primary N) is 3. The minimum Gasteiger partial charge on any atom is -0.330 e. The highest BCUT2D eigenvalue weighted by Gasteiger charge is 2.31. The maximum atomic E-state index is 6.02. The van der Waals surface area contributed by atoms with Crippen LogP contribution in [0.3, 0.4) is 0 Å². The van der Waals surface area contributed by atoms with Gasteiger partial charge in [-0.05, 0) is 172 Å². The molecule has 0 spiro atoms. The molecule has 0 bridgehead atoms. The molecule has 4 aliphatic rings. The summed E-state index contributed by atoms with van der Waals surface area (Å²) in [6.07, 6.45) is 9.20. The molecule has 0 saturated carbocycles. The Morgan fingerprint density at radius 1 is 0.521 bits per heavy atom. The molecule has 0 aliphatic carbocycles. The lowest BCUT2D eigenvalue weighted by molar-refractivity contribution is 0.0778. The Morgan fingerprint density at radius 2 is 0.917 bits per heavy atom. The van der Waals surface area contributed by atoms with Crippen LogP contribution in [0.4, 0.5) is 0 Å². The Hall–Kier alpha value is -0.280. The molecule has 4 aliphatic heterocycles. The number of hydrogen-bond donors (Lipinski definition) is 3. The van der Waals surface area contributed by atoms with E-state index in [1.165, 1.54) is 84.2 Å². The molecule has 4 fully saturated rings. The highest BCUT2D eigenvalue weighted by Crippen LogP contribution is 2.26. The summed E-state index contributed by atoms with van der Waals surface area (Å²) in [6, 6.07) is 0.779. The van der Waals surface area contributed by atoms with E-state index in [4.69, 9.17) is 17.2 Å². The Kier molecular flexibility index (Phi) is 22.8. The van der Waals surface area contributed by atoms with E-state index < -0.39 is 0 Å². The number of likely N-dealkylation sites (tertiary alicyclic amines) is 4. The predicted octanol–water partition coefficient (Wildman–Crippen LogP) is 7.91. The molecular formula is C41H93N7. The maximum Gasteiger partial charge on any atom is 0.0194 e. The number of nitrogens with zero attached hydrogens (tertiary/aromatic N) is 4. The number of piperidine rings is 3. The molecule has 4 rings (SSSR count). The van der Waals surface area contributed by atoms with Crippen molar-refractivity contribution in [3.8, 4) is 0 Å². The van der Waals surface area contributed by atoms with E-state index in [1.54, 1.807) is 0 Å². The van der Waals surface area contributed by atoms with Crippen molar-refractivity contribution in [2.75, 3.05) is 58.9 Å². The fourth-order valence-electron chi connectivity index (χ4n) is 6.97. The van der Waals surface area contributed by atoms with Gasteiger partial charge >= 0.3 is 0 Å². The van der Waals surface area contributed by atoms with E-state index in [2.05, 4.69) is 117 Å². The summed E-state index contributed by atoms with van der Waals surface area (Å²) in [4.78, 5) is 10.1. The monoisotopic (exact) mass is 684 g/mol. The molecule has 0 aromatic heterocycles. The highest BCUT2D eigenvalue weighted by molar-refractivity contribution is 4.88. The SMILES string of the molecule is C.C.CC(C)(C)N1CCC[C@@H](N)C1.CC(C)(C)N1CC[C@H](CN)C1.CC[C@@H]1CCCN(C(C)(C)C)C1.C[C@H]1CCN(C(C)(C)C)C[C@@H]1N. The smallest absolute Gasteiger partial charge is 0.0194 e. The van der Waals surface area contributed by atoms with Crippen molar-refractivity contribution in [3.63, 3.8) is 0 Å². The van der Waals surface area contributed by atoms with Gasteiger partial charge in [-0.15, -0.1) is 0 Å². The van der Waals surface area contributed by atoms with Gasteiger partial charge in [0.25, 0.3) is 0 Å². The van der Waals surface area contributed by atoms with Crippen LogP contribution in [0, 0.1) is 17.8 Å². The molecule has 7 nitrogen and oxygen atoms in total. The van der Waals surface area contributed by atoms with Gasteiger partial charge in [0, 0.05) is 60.4 Å². The second-order valence-electron chi connectivity index (χ2n) is 19.1. The van der Waals surface area contributed by atoms with Gasteiger partial charge in [-0.2, -0.15) is 0 Å². The summed E-state index contributed by atoms with van der Waals surface area (Å²) >= 11 is 0. The van der Waals surface area contributed by atoms with E-state index in [0.29, 0.717) is 34.6 Å². The Balaban J connectivity index is 0. The molecule has 0 unspecified atom stereocenters. The van der Waals surface area contributed by atoms with Gasteiger partial charge in [0.1, 0.15) is 0 Å². The van der Waals surface area contributed by atoms with Crippen LogP contribution in [0.25, 0.3) is 0 Å². The van der Waals surface area contributed by atoms with Crippen molar-refractivity contribution in [2.45, 2.75) is 191 Å². The van der Waals surface area contributed by atoms with E-state index >= 15 is 0 Å². The molecule has 0 radical (unpaired) electrons. The third kappa shape index (κ3) is 18.8. The number of rotatable bonds is 2. The lowest BCUT2D eigenvalue weighted by atomic mass is 9.91. The summed E-state index contributed by atoms with van der Waals surface area (Å²) < 4.78 is 0. The quantitative estimate of drug-likeness (QED) is 0.273. The van der Waals surface area contributed by atoms with Gasteiger partial charge in [-0.25, -0.2) is 0 Å². The molecule has 292 valence electrons. The highest BCUT2D eigenvalue weighted by atomic mass is 15.2. The Morgan fingerprint density at radius 3 is 1.27 bits per heavy atom. The summed E-state index contributed by atoms with van der Waals surface area (Å²) in [5.74, 6) is 2.40. The van der Waals surface area contributed by atoms with Gasteiger partial charge in [0.2, 0.25) is 0 Å². The zero-order chi connectivity index (χ0) is 35.5. The molecule has 0 amide bonds. The average molecular weight is 684 g/mol. The van der Waals surface area contributed by atoms with Crippen molar-refractivity contribution in [2.24, 2.45) is 35.0 Å². The molecule has 0 aromatic rings. The second-order valence-corrected chi connectivity index (χ2v) is 19.1. The van der Waals surface area contributed by atoms with Gasteiger partial charge in [0.15, 0.2) is 0 Å². The van der Waals surface area contributed by atoms with Crippen LogP contribution in [0.15, 0.2) is 0 Å². The zero-order valence-corrected chi connectivity index (χ0v) is 33.7. The van der Waals surface area contributed by atoms with E-state index in [0.717, 1.165) is 31.5 Å². The molecule has 5 atom stereocenters. The van der Waals surface area contributed by atoms with Crippen LogP contribution in [-0.2, 0) is 0 Å². The third-order valence-corrected chi connectivity index (χ3v) is 11.0. The first-order valence-corrected chi connectivity index (χ1v) is 19.2. The zero-order valence-electron chi connectivity index (χ0n) is 33.7. The molecule has 4 saturated heterocycles. The third-order valence-electron chi connectivity index (χ3n) is 11.0. The summed E-state index contributed by atoms with van der Waals surface area (Å²) in [5, 5.41) is 0. The van der Waals surface area contributed by atoms with Gasteiger partial charge < -0.3 is 17.2 Å². The minimum atomic E-state index is 0. The van der Waals surface area contributed by atoms with Crippen LogP contribution in [0.1, 0.15) is 157 Å². The standard InChI is InChI=1S/C11H23N.C10H22N2.2C9H20N2.2CH4/c1-5-10-7-6-8-12(9-10)11(2,3)4;1-8-5-6-12(7-9(8)11)10(2,3)4;1-9(2,3)11-5-4-8(6-10)7-11;1-9(2,3)11-6-4-5-8(10)7-11;;/h10H,5-9H2,1-4H3;8-9H,5-7,11H2,1-4H3;2*8H,4-7,10H2,1-3H3;2*1H4/t10-;8-,9-;2*8-;;/m1011../s1. The summed E-state index contributed by atoms with van der Waals surface area (Å²) in [5.41, 5.74) is 18.8. The van der Waals surface area contributed by atoms with Crippen molar-refractivity contribution in [1.82, 2.24) is 19.6 Å². The molecule has 7 heteroatoms. The second kappa shape index (κ2) is 21.9. The summed E-state index contributed by atoms with van der Waals surface area (Å²) in [6.45, 7) is 42.4. The largest absolute Gasteiger partial charge is 0.330 e. The number of hydrogen-bond acceptors (Lipinski definition) is 7. The first-order valence-electron chi connectivity index (χ1n) is 19.2. The molecule has 48 heavy (non-hydrogen) atoms. The van der Waals surface area contributed by atoms with Gasteiger partial charge in [0.05, 0.1) is 0 Å².